The number of hydrogen-bond donors (Lipinski definition) is 1. The molecule has 0 unspecified atom stereocenters. The summed E-state index contributed by atoms with van der Waals surface area (Å²) in [5.41, 5.74) is 0. The third kappa shape index (κ3) is 3.28. The number of halogens is 1. The van der Waals surface area contributed by atoms with Gasteiger partial charge in [-0.3, -0.25) is 0 Å². The van der Waals surface area contributed by atoms with Gasteiger partial charge in [-0.2, -0.15) is 0 Å². The van der Waals surface area contributed by atoms with Crippen LogP contribution in [0, 0.1) is 0 Å². The Bertz CT molecular complexity index is 364. The van der Waals surface area contributed by atoms with Crippen LogP contribution in [0.4, 0.5) is 0 Å². The van der Waals surface area contributed by atoms with E-state index in [1.54, 1.807) is 18.2 Å². The van der Waals surface area contributed by atoms with Crippen LogP contribution >= 0.6 is 23.3 Å². The van der Waals surface area contributed by atoms with Crippen molar-refractivity contribution in [1.29, 1.82) is 0 Å². The molecule has 0 bridgehead atoms. The summed E-state index contributed by atoms with van der Waals surface area (Å²) >= 11 is 3.93. The van der Waals surface area contributed by atoms with Crippen LogP contribution in [0.1, 0.15) is 0 Å². The summed E-state index contributed by atoms with van der Waals surface area (Å²) < 4.78 is 21.5. The predicted octanol–water partition coefficient (Wildman–Crippen LogP) is 1.25. The van der Waals surface area contributed by atoms with Gasteiger partial charge in [0.2, 0.25) is 0 Å². The summed E-state index contributed by atoms with van der Waals surface area (Å²) in [6.45, 7) is 0. The molecule has 0 saturated heterocycles. The fourth-order valence-electron chi connectivity index (χ4n) is 0.663. The summed E-state index contributed by atoms with van der Waals surface area (Å²) in [4.78, 5) is 0.410. The average molecular weight is 233 g/mol. The van der Waals surface area contributed by atoms with Gasteiger partial charge in [0.05, 0.1) is 4.90 Å². The molecule has 0 spiro atoms. The van der Waals surface area contributed by atoms with Crippen LogP contribution in [0.5, 0.6) is 0 Å². The first kappa shape index (κ1) is 12.8. The fraction of sp³-hybridized carbons (Fsp3) is 0. The zero-order valence-electron chi connectivity index (χ0n) is 5.36. The topological polar surface area (TPSA) is 34.1 Å². The standard InChI is InChI=1S/C6H5ClO2S2.Na.H/c7-11(8,9)6-4-2-1-3-5(6)10;;/h1-4,10H;;. The summed E-state index contributed by atoms with van der Waals surface area (Å²) in [5, 5.41) is 0. The van der Waals surface area contributed by atoms with Gasteiger partial charge in [-0.25, -0.2) is 8.42 Å². The van der Waals surface area contributed by atoms with Gasteiger partial charge in [-0.05, 0) is 12.1 Å². The zero-order chi connectivity index (χ0) is 8.48. The molecular formula is C6H6ClNaO2S2. The van der Waals surface area contributed by atoms with Gasteiger partial charge >= 0.3 is 29.6 Å². The van der Waals surface area contributed by atoms with E-state index < -0.39 is 9.05 Å². The van der Waals surface area contributed by atoms with Gasteiger partial charge in [0.15, 0.2) is 0 Å². The molecule has 0 aliphatic carbocycles. The Kier molecular flexibility index (Phi) is 5.21. The summed E-state index contributed by atoms with van der Waals surface area (Å²) in [6, 6.07) is 6.26. The van der Waals surface area contributed by atoms with Gasteiger partial charge < -0.3 is 0 Å². The first-order valence-corrected chi connectivity index (χ1v) is 5.50. The Hall–Kier alpha value is 0.810. The number of benzene rings is 1. The summed E-state index contributed by atoms with van der Waals surface area (Å²) in [6.07, 6.45) is 0. The van der Waals surface area contributed by atoms with E-state index in [0.717, 1.165) is 0 Å². The summed E-state index contributed by atoms with van der Waals surface area (Å²) in [7, 11) is 1.45. The SMILES string of the molecule is O=S(=O)(Cl)c1ccccc1S.[NaH]. The van der Waals surface area contributed by atoms with Crippen LogP contribution < -0.4 is 0 Å². The minimum atomic E-state index is -3.64. The molecule has 0 fully saturated rings. The van der Waals surface area contributed by atoms with Gasteiger partial charge in [-0.1, -0.05) is 12.1 Å². The molecule has 1 rings (SSSR count). The molecule has 0 radical (unpaired) electrons. The molecule has 0 heterocycles. The first-order chi connectivity index (χ1) is 5.02. The van der Waals surface area contributed by atoms with Gasteiger partial charge in [0, 0.05) is 15.6 Å². The number of thiol groups is 1. The van der Waals surface area contributed by atoms with Crippen molar-refractivity contribution in [2.45, 2.75) is 9.79 Å². The van der Waals surface area contributed by atoms with Crippen molar-refractivity contribution < 1.29 is 8.42 Å². The second-order valence-corrected chi connectivity index (χ2v) is 4.92. The van der Waals surface area contributed by atoms with Gasteiger partial charge in [0.1, 0.15) is 0 Å². The number of rotatable bonds is 1. The third-order valence-corrected chi connectivity index (χ3v) is 3.05. The van der Waals surface area contributed by atoms with Crippen LogP contribution in [0.25, 0.3) is 0 Å². The summed E-state index contributed by atoms with van der Waals surface area (Å²) in [5.74, 6) is 0. The van der Waals surface area contributed by atoms with E-state index in [1.807, 2.05) is 0 Å². The molecule has 0 amide bonds. The molecule has 12 heavy (non-hydrogen) atoms. The Morgan fingerprint density at radius 2 is 1.75 bits per heavy atom. The predicted molar refractivity (Wildman–Crippen MR) is 53.9 cm³/mol. The second kappa shape index (κ2) is 4.88. The second-order valence-electron chi connectivity index (χ2n) is 1.91. The number of hydrogen-bond acceptors (Lipinski definition) is 3. The van der Waals surface area contributed by atoms with Crippen LogP contribution in [-0.4, -0.2) is 38.0 Å². The molecule has 0 atom stereocenters. The maximum absolute atomic E-state index is 10.8. The van der Waals surface area contributed by atoms with Crippen molar-refractivity contribution in [2.75, 3.05) is 0 Å². The van der Waals surface area contributed by atoms with E-state index in [-0.39, 0.29) is 34.5 Å². The van der Waals surface area contributed by atoms with Crippen molar-refractivity contribution in [3.63, 3.8) is 0 Å². The Balaban J connectivity index is 0.00000121. The Morgan fingerprint density at radius 1 is 1.25 bits per heavy atom. The molecule has 6 heteroatoms. The van der Waals surface area contributed by atoms with Crippen molar-refractivity contribution in [1.82, 2.24) is 0 Å². The Morgan fingerprint density at radius 3 is 2.08 bits per heavy atom. The first-order valence-electron chi connectivity index (χ1n) is 2.74. The van der Waals surface area contributed by atoms with Crippen molar-refractivity contribution in [2.24, 2.45) is 0 Å². The normalized spacial score (nSPS) is 10.5. The molecule has 0 aliphatic heterocycles. The van der Waals surface area contributed by atoms with Crippen LogP contribution in [0.15, 0.2) is 34.1 Å². The van der Waals surface area contributed by atoms with E-state index in [9.17, 15) is 8.42 Å². The van der Waals surface area contributed by atoms with E-state index >= 15 is 0 Å². The van der Waals surface area contributed by atoms with E-state index in [0.29, 0.717) is 4.90 Å². The fourth-order valence-corrected chi connectivity index (χ4v) is 2.31. The van der Waals surface area contributed by atoms with E-state index in [2.05, 4.69) is 12.6 Å². The van der Waals surface area contributed by atoms with Gasteiger partial charge in [0.25, 0.3) is 9.05 Å². The van der Waals surface area contributed by atoms with Crippen molar-refractivity contribution in [3.8, 4) is 0 Å². The molecule has 0 aromatic heterocycles. The molecule has 0 N–H and O–H groups in total. The van der Waals surface area contributed by atoms with E-state index in [4.69, 9.17) is 10.7 Å². The quantitative estimate of drug-likeness (QED) is 0.449. The van der Waals surface area contributed by atoms with Crippen LogP contribution in [0.3, 0.4) is 0 Å². The molecule has 0 aliphatic rings. The molecule has 1 aromatic rings. The molecular weight excluding hydrogens is 227 g/mol. The average Bonchev–Trinajstić information content (AvgIpc) is 1.86. The molecule has 1 aromatic carbocycles. The monoisotopic (exact) mass is 232 g/mol. The minimum absolute atomic E-state index is 0. The van der Waals surface area contributed by atoms with Gasteiger partial charge in [-0.15, -0.1) is 12.6 Å². The zero-order valence-corrected chi connectivity index (χ0v) is 7.83. The molecule has 2 nitrogen and oxygen atoms in total. The third-order valence-electron chi connectivity index (χ3n) is 1.13. The molecule has 0 saturated carbocycles. The van der Waals surface area contributed by atoms with Crippen LogP contribution in [-0.2, 0) is 9.05 Å². The maximum atomic E-state index is 10.8. The molecule has 62 valence electrons. The van der Waals surface area contributed by atoms with E-state index in [1.165, 1.54) is 6.07 Å². The Labute approximate surface area is 103 Å². The van der Waals surface area contributed by atoms with Crippen LogP contribution in [0.2, 0.25) is 0 Å². The van der Waals surface area contributed by atoms with Crippen molar-refractivity contribution in [3.05, 3.63) is 24.3 Å². The van der Waals surface area contributed by atoms with Crippen molar-refractivity contribution >= 4 is 61.9 Å².